The molecule has 156 valence electrons. The third-order valence-corrected chi connectivity index (χ3v) is 5.79. The maximum Gasteiger partial charge on any atom is 0.317 e. The van der Waals surface area contributed by atoms with Gasteiger partial charge in [0, 0.05) is 51.4 Å². The first-order valence-corrected chi connectivity index (χ1v) is 10.6. The number of amides is 2. The van der Waals surface area contributed by atoms with Crippen LogP contribution in [0.25, 0.3) is 0 Å². The van der Waals surface area contributed by atoms with Gasteiger partial charge >= 0.3 is 6.03 Å². The van der Waals surface area contributed by atoms with Crippen molar-refractivity contribution in [3.05, 3.63) is 48.7 Å². The smallest absolute Gasteiger partial charge is 0.317 e. The van der Waals surface area contributed by atoms with Crippen molar-refractivity contribution in [2.24, 2.45) is 5.92 Å². The van der Waals surface area contributed by atoms with Gasteiger partial charge in [0.25, 0.3) is 0 Å². The molecule has 0 aromatic carbocycles. The molecule has 29 heavy (non-hydrogen) atoms. The average Bonchev–Trinajstić information content (AvgIpc) is 3.27. The molecule has 2 aliphatic rings. The van der Waals surface area contributed by atoms with Gasteiger partial charge in [0.2, 0.25) is 0 Å². The molecule has 2 saturated heterocycles. The summed E-state index contributed by atoms with van der Waals surface area (Å²) < 4.78 is 11.4. The Kier molecular flexibility index (Phi) is 6.67. The molecule has 0 saturated carbocycles. The van der Waals surface area contributed by atoms with Crippen molar-refractivity contribution < 1.29 is 13.9 Å². The summed E-state index contributed by atoms with van der Waals surface area (Å²) in [6.45, 7) is 5.15. The second-order valence-electron chi connectivity index (χ2n) is 8.00. The number of hydrogen-bond donors (Lipinski definition) is 1. The van der Waals surface area contributed by atoms with Gasteiger partial charge in [0.15, 0.2) is 0 Å². The molecule has 0 aliphatic carbocycles. The van der Waals surface area contributed by atoms with Gasteiger partial charge in [-0.25, -0.2) is 4.79 Å². The Morgan fingerprint density at radius 1 is 1.17 bits per heavy atom. The lowest BCUT2D eigenvalue weighted by Crippen LogP contribution is -2.48. The molecule has 0 bridgehead atoms. The molecular weight excluding hydrogens is 368 g/mol. The highest BCUT2D eigenvalue weighted by atomic mass is 16.5. The fourth-order valence-electron chi connectivity index (χ4n) is 4.21. The predicted octanol–water partition coefficient (Wildman–Crippen LogP) is 3.14. The molecule has 2 aliphatic heterocycles. The lowest BCUT2D eigenvalue weighted by atomic mass is 9.98. The maximum atomic E-state index is 12.6. The molecule has 4 rings (SSSR count). The van der Waals surface area contributed by atoms with E-state index >= 15 is 0 Å². The minimum Gasteiger partial charge on any atom is -0.490 e. The van der Waals surface area contributed by atoms with Gasteiger partial charge in [-0.15, -0.1) is 0 Å². The predicted molar refractivity (Wildman–Crippen MR) is 110 cm³/mol. The van der Waals surface area contributed by atoms with Gasteiger partial charge < -0.3 is 19.4 Å². The van der Waals surface area contributed by atoms with Crippen molar-refractivity contribution >= 4 is 6.03 Å². The number of aromatic nitrogens is 1. The van der Waals surface area contributed by atoms with Crippen LogP contribution >= 0.6 is 0 Å². The van der Waals surface area contributed by atoms with E-state index in [1.54, 1.807) is 18.7 Å². The third-order valence-electron chi connectivity index (χ3n) is 5.79. The molecule has 0 spiro atoms. The van der Waals surface area contributed by atoms with Crippen LogP contribution < -0.4 is 10.1 Å². The Balaban J connectivity index is 1.16. The van der Waals surface area contributed by atoms with E-state index in [1.165, 1.54) is 6.42 Å². The molecule has 0 radical (unpaired) electrons. The number of nitrogens with one attached hydrogen (secondary N) is 1. The molecule has 7 nitrogen and oxygen atoms in total. The van der Waals surface area contributed by atoms with Crippen molar-refractivity contribution in [3.8, 4) is 5.75 Å². The Morgan fingerprint density at radius 3 is 2.76 bits per heavy atom. The zero-order chi connectivity index (χ0) is 19.9. The Labute approximate surface area is 172 Å². The summed E-state index contributed by atoms with van der Waals surface area (Å²) >= 11 is 0. The van der Waals surface area contributed by atoms with Crippen molar-refractivity contribution in [2.45, 2.75) is 38.3 Å². The van der Waals surface area contributed by atoms with Crippen molar-refractivity contribution in [1.29, 1.82) is 0 Å². The van der Waals surface area contributed by atoms with Gasteiger partial charge in [-0.2, -0.15) is 0 Å². The number of piperidine rings is 2. The number of furan rings is 1. The minimum atomic E-state index is 0.0514. The molecule has 1 atom stereocenters. The summed E-state index contributed by atoms with van der Waals surface area (Å²) in [5.74, 6) is 2.35. The van der Waals surface area contributed by atoms with Crippen LogP contribution in [0, 0.1) is 5.92 Å². The SMILES string of the molecule is O=C(NC[C@@H]1CCCN(Cc2ccco2)C1)N1CCC(Oc2ccncc2)CC1. The van der Waals surface area contributed by atoms with Crippen LogP contribution in [0.4, 0.5) is 4.79 Å². The first-order valence-electron chi connectivity index (χ1n) is 10.6. The number of urea groups is 1. The van der Waals surface area contributed by atoms with Gasteiger partial charge in [0.05, 0.1) is 12.8 Å². The number of hydrogen-bond acceptors (Lipinski definition) is 5. The van der Waals surface area contributed by atoms with Crippen molar-refractivity contribution in [2.75, 3.05) is 32.7 Å². The van der Waals surface area contributed by atoms with E-state index in [0.717, 1.165) is 70.0 Å². The van der Waals surface area contributed by atoms with Crippen LogP contribution in [-0.4, -0.2) is 59.6 Å². The normalized spacial score (nSPS) is 21.1. The lowest BCUT2D eigenvalue weighted by molar-refractivity contribution is 0.108. The number of nitrogens with zero attached hydrogens (tertiary/aromatic N) is 3. The van der Waals surface area contributed by atoms with Gasteiger partial charge in [-0.05, 0) is 49.6 Å². The lowest BCUT2D eigenvalue weighted by Gasteiger charge is -2.34. The quantitative estimate of drug-likeness (QED) is 0.809. The molecule has 1 N–H and O–H groups in total. The average molecular weight is 399 g/mol. The summed E-state index contributed by atoms with van der Waals surface area (Å²) in [6, 6.07) is 7.75. The second-order valence-corrected chi connectivity index (χ2v) is 8.00. The van der Waals surface area contributed by atoms with E-state index in [4.69, 9.17) is 9.15 Å². The minimum absolute atomic E-state index is 0.0514. The first kappa shape index (κ1) is 19.8. The molecule has 2 fully saturated rings. The molecule has 2 aromatic rings. The molecule has 0 unspecified atom stereocenters. The highest BCUT2D eigenvalue weighted by Crippen LogP contribution is 2.20. The van der Waals surface area contributed by atoms with Gasteiger partial charge in [-0.3, -0.25) is 9.88 Å². The Morgan fingerprint density at radius 2 is 2.00 bits per heavy atom. The fourth-order valence-corrected chi connectivity index (χ4v) is 4.21. The Bertz CT molecular complexity index is 745. The summed E-state index contributed by atoms with van der Waals surface area (Å²) in [6.07, 6.45) is 9.40. The van der Waals surface area contributed by atoms with Crippen molar-refractivity contribution in [3.63, 3.8) is 0 Å². The zero-order valence-corrected chi connectivity index (χ0v) is 16.8. The maximum absolute atomic E-state index is 12.6. The van der Waals surface area contributed by atoms with E-state index in [9.17, 15) is 4.79 Å². The van der Waals surface area contributed by atoms with Crippen LogP contribution in [0.1, 0.15) is 31.4 Å². The van der Waals surface area contributed by atoms with Crippen molar-refractivity contribution in [1.82, 2.24) is 20.1 Å². The topological polar surface area (TPSA) is 70.8 Å². The molecule has 4 heterocycles. The standard InChI is InChI=1S/C22H30N4O3/c27-22(26-12-7-20(8-13-26)29-19-5-9-23-10-6-19)24-15-18-3-1-11-25(16-18)17-21-4-2-14-28-21/h2,4-6,9-10,14,18,20H,1,3,7-8,11-13,15-17H2,(H,24,27)/t18-/m0/s1. The number of likely N-dealkylation sites (tertiary alicyclic amines) is 2. The molecule has 2 aromatic heterocycles. The largest absolute Gasteiger partial charge is 0.490 e. The van der Waals surface area contributed by atoms with Crippen LogP contribution in [0.2, 0.25) is 0 Å². The first-order chi connectivity index (χ1) is 14.3. The van der Waals surface area contributed by atoms with Crippen LogP contribution in [-0.2, 0) is 6.54 Å². The summed E-state index contributed by atoms with van der Waals surface area (Å²) in [7, 11) is 0. The number of carbonyl (C=O) groups excluding carboxylic acids is 1. The number of rotatable bonds is 6. The van der Waals surface area contributed by atoms with Crippen LogP contribution in [0.15, 0.2) is 47.3 Å². The van der Waals surface area contributed by atoms with E-state index in [0.29, 0.717) is 5.92 Å². The zero-order valence-electron chi connectivity index (χ0n) is 16.8. The fraction of sp³-hybridized carbons (Fsp3) is 0.545. The molecular formula is C22H30N4O3. The van der Waals surface area contributed by atoms with Crippen LogP contribution in [0.3, 0.4) is 0 Å². The Hall–Kier alpha value is -2.54. The third kappa shape index (κ3) is 5.73. The monoisotopic (exact) mass is 398 g/mol. The van der Waals surface area contributed by atoms with Crippen LogP contribution in [0.5, 0.6) is 5.75 Å². The highest BCUT2D eigenvalue weighted by Gasteiger charge is 2.25. The van der Waals surface area contributed by atoms with E-state index in [1.807, 2.05) is 29.2 Å². The molecule has 2 amide bonds. The summed E-state index contributed by atoms with van der Waals surface area (Å²) in [5.41, 5.74) is 0. The number of pyridine rings is 1. The number of carbonyl (C=O) groups is 1. The van der Waals surface area contributed by atoms with E-state index < -0.39 is 0 Å². The van der Waals surface area contributed by atoms with Gasteiger partial charge in [-0.1, -0.05) is 0 Å². The van der Waals surface area contributed by atoms with E-state index in [2.05, 4.69) is 15.2 Å². The summed E-state index contributed by atoms with van der Waals surface area (Å²) in [5, 5.41) is 3.15. The highest BCUT2D eigenvalue weighted by molar-refractivity contribution is 5.74. The van der Waals surface area contributed by atoms with Gasteiger partial charge in [0.1, 0.15) is 17.6 Å². The molecule has 7 heteroatoms. The second kappa shape index (κ2) is 9.78. The number of ether oxygens (including phenoxy) is 1. The summed E-state index contributed by atoms with van der Waals surface area (Å²) in [4.78, 5) is 20.9. The van der Waals surface area contributed by atoms with E-state index in [-0.39, 0.29) is 12.1 Å².